The van der Waals surface area contributed by atoms with Crippen molar-refractivity contribution in [1.82, 2.24) is 20.2 Å². The van der Waals surface area contributed by atoms with Crippen molar-refractivity contribution in [3.05, 3.63) is 66.0 Å². The Kier molecular flexibility index (Phi) is 5.37. The van der Waals surface area contributed by atoms with E-state index in [1.54, 1.807) is 4.90 Å². The molecule has 6 heteroatoms. The van der Waals surface area contributed by atoms with Crippen LogP contribution in [0.15, 0.2) is 54.6 Å². The lowest BCUT2D eigenvalue weighted by Crippen LogP contribution is -2.34. The van der Waals surface area contributed by atoms with Gasteiger partial charge in [-0.15, -0.1) is 0 Å². The van der Waals surface area contributed by atoms with E-state index in [-0.39, 0.29) is 17.7 Å². The number of hydrogen-bond donors (Lipinski definition) is 2. The molecular formula is C22H24N4O2. The highest BCUT2D eigenvalue weighted by molar-refractivity contribution is 5.89. The summed E-state index contributed by atoms with van der Waals surface area (Å²) in [6, 6.07) is 18.0. The molecule has 2 N–H and O–H groups in total. The second-order valence-electron chi connectivity index (χ2n) is 7.22. The van der Waals surface area contributed by atoms with E-state index in [4.69, 9.17) is 0 Å². The summed E-state index contributed by atoms with van der Waals surface area (Å²) in [6.45, 7) is 1.67. The van der Waals surface area contributed by atoms with Crippen molar-refractivity contribution in [2.24, 2.45) is 5.92 Å². The summed E-state index contributed by atoms with van der Waals surface area (Å²) in [7, 11) is 0. The molecule has 6 nitrogen and oxygen atoms in total. The number of para-hydroxylation sites is 2. The molecule has 2 heterocycles. The highest BCUT2D eigenvalue weighted by atomic mass is 16.2. The molecule has 4 rings (SSSR count). The SMILES string of the molecule is O=C(NCCc1nc2ccccc2[nH]1)[C@@H]1CC(=O)N(CCc2ccccc2)C1. The highest BCUT2D eigenvalue weighted by Gasteiger charge is 2.33. The van der Waals surface area contributed by atoms with Gasteiger partial charge >= 0.3 is 0 Å². The molecule has 1 aromatic heterocycles. The van der Waals surface area contributed by atoms with Gasteiger partial charge in [0.25, 0.3) is 0 Å². The van der Waals surface area contributed by atoms with Gasteiger partial charge < -0.3 is 15.2 Å². The molecule has 144 valence electrons. The Morgan fingerprint density at radius 3 is 2.71 bits per heavy atom. The number of rotatable bonds is 7. The van der Waals surface area contributed by atoms with Crippen LogP contribution in [0.5, 0.6) is 0 Å². The van der Waals surface area contributed by atoms with Crippen LogP contribution in [-0.2, 0) is 22.4 Å². The molecule has 0 radical (unpaired) electrons. The normalized spacial score (nSPS) is 16.6. The van der Waals surface area contributed by atoms with Crippen LogP contribution < -0.4 is 5.32 Å². The minimum atomic E-state index is -0.265. The maximum atomic E-state index is 12.5. The van der Waals surface area contributed by atoms with Crippen LogP contribution in [0.2, 0.25) is 0 Å². The Labute approximate surface area is 164 Å². The molecule has 0 bridgehead atoms. The van der Waals surface area contributed by atoms with E-state index in [1.807, 2.05) is 42.5 Å². The number of carbonyl (C=O) groups is 2. The van der Waals surface area contributed by atoms with Gasteiger partial charge in [0.05, 0.1) is 17.0 Å². The molecule has 1 saturated heterocycles. The first-order valence-electron chi connectivity index (χ1n) is 9.72. The zero-order chi connectivity index (χ0) is 19.3. The lowest BCUT2D eigenvalue weighted by molar-refractivity contribution is -0.129. The number of imidazole rings is 1. The van der Waals surface area contributed by atoms with Crippen LogP contribution in [0, 0.1) is 5.92 Å². The van der Waals surface area contributed by atoms with Crippen molar-refractivity contribution in [2.75, 3.05) is 19.6 Å². The summed E-state index contributed by atoms with van der Waals surface area (Å²) >= 11 is 0. The first-order chi connectivity index (χ1) is 13.7. The van der Waals surface area contributed by atoms with E-state index in [0.717, 1.165) is 23.3 Å². The average molecular weight is 376 g/mol. The average Bonchev–Trinajstić information content (AvgIpc) is 3.30. The summed E-state index contributed by atoms with van der Waals surface area (Å²) in [5.74, 6) is 0.604. The van der Waals surface area contributed by atoms with Crippen molar-refractivity contribution in [2.45, 2.75) is 19.3 Å². The fourth-order valence-electron chi connectivity index (χ4n) is 3.65. The second-order valence-corrected chi connectivity index (χ2v) is 7.22. The molecule has 28 heavy (non-hydrogen) atoms. The predicted octanol–water partition coefficient (Wildman–Crippen LogP) is 2.31. The van der Waals surface area contributed by atoms with E-state index in [0.29, 0.717) is 32.5 Å². The Balaban J connectivity index is 1.24. The van der Waals surface area contributed by atoms with Gasteiger partial charge in [-0.3, -0.25) is 9.59 Å². The van der Waals surface area contributed by atoms with Gasteiger partial charge in [0, 0.05) is 32.5 Å². The number of likely N-dealkylation sites (tertiary alicyclic amines) is 1. The molecule has 0 saturated carbocycles. The van der Waals surface area contributed by atoms with Crippen LogP contribution in [0.4, 0.5) is 0 Å². The number of fused-ring (bicyclic) bond motifs is 1. The van der Waals surface area contributed by atoms with E-state index in [1.165, 1.54) is 5.56 Å². The van der Waals surface area contributed by atoms with Crippen LogP contribution in [-0.4, -0.2) is 46.3 Å². The first kappa shape index (κ1) is 18.2. The van der Waals surface area contributed by atoms with Gasteiger partial charge in [-0.1, -0.05) is 42.5 Å². The van der Waals surface area contributed by atoms with Gasteiger partial charge in [0.2, 0.25) is 11.8 Å². The fourth-order valence-corrected chi connectivity index (χ4v) is 3.65. The summed E-state index contributed by atoms with van der Waals surface area (Å²) in [4.78, 5) is 34.3. The molecule has 1 aliphatic heterocycles. The second kappa shape index (κ2) is 8.25. The topological polar surface area (TPSA) is 78.1 Å². The third-order valence-corrected chi connectivity index (χ3v) is 5.20. The van der Waals surface area contributed by atoms with E-state index < -0.39 is 0 Å². The van der Waals surface area contributed by atoms with E-state index in [2.05, 4.69) is 27.4 Å². The van der Waals surface area contributed by atoms with Crippen molar-refractivity contribution in [3.8, 4) is 0 Å². The monoisotopic (exact) mass is 376 g/mol. The Morgan fingerprint density at radius 2 is 1.89 bits per heavy atom. The van der Waals surface area contributed by atoms with Crippen molar-refractivity contribution < 1.29 is 9.59 Å². The van der Waals surface area contributed by atoms with Gasteiger partial charge in [-0.05, 0) is 24.1 Å². The molecule has 1 aliphatic rings. The molecule has 0 spiro atoms. The lowest BCUT2D eigenvalue weighted by atomic mass is 10.1. The fraction of sp³-hybridized carbons (Fsp3) is 0.318. The molecule has 2 amide bonds. The van der Waals surface area contributed by atoms with Gasteiger partial charge in [0.1, 0.15) is 5.82 Å². The summed E-state index contributed by atoms with van der Waals surface area (Å²) in [5, 5.41) is 2.95. The number of nitrogens with zero attached hydrogens (tertiary/aromatic N) is 2. The summed E-state index contributed by atoms with van der Waals surface area (Å²) < 4.78 is 0. The number of H-pyrrole nitrogens is 1. The number of amides is 2. The van der Waals surface area contributed by atoms with Crippen molar-refractivity contribution in [1.29, 1.82) is 0 Å². The number of hydrogen-bond acceptors (Lipinski definition) is 3. The Hall–Kier alpha value is -3.15. The number of nitrogens with one attached hydrogen (secondary N) is 2. The lowest BCUT2D eigenvalue weighted by Gasteiger charge is -2.16. The maximum absolute atomic E-state index is 12.5. The smallest absolute Gasteiger partial charge is 0.225 e. The molecular weight excluding hydrogens is 352 g/mol. The maximum Gasteiger partial charge on any atom is 0.225 e. The van der Waals surface area contributed by atoms with Crippen LogP contribution >= 0.6 is 0 Å². The molecule has 0 unspecified atom stereocenters. The molecule has 2 aromatic carbocycles. The number of aromatic amines is 1. The molecule has 3 aromatic rings. The van der Waals surface area contributed by atoms with E-state index in [9.17, 15) is 9.59 Å². The zero-order valence-corrected chi connectivity index (χ0v) is 15.7. The van der Waals surface area contributed by atoms with Crippen molar-refractivity contribution in [3.63, 3.8) is 0 Å². The predicted molar refractivity (Wildman–Crippen MR) is 108 cm³/mol. The largest absolute Gasteiger partial charge is 0.355 e. The minimum Gasteiger partial charge on any atom is -0.355 e. The van der Waals surface area contributed by atoms with Crippen molar-refractivity contribution >= 4 is 22.8 Å². The number of aromatic nitrogens is 2. The standard InChI is InChI=1S/C22H24N4O2/c27-21-14-17(15-26(21)13-11-16-6-2-1-3-7-16)22(28)23-12-10-20-24-18-8-4-5-9-19(18)25-20/h1-9,17H,10-15H2,(H,23,28)(H,24,25)/t17-/m1/s1. The zero-order valence-electron chi connectivity index (χ0n) is 15.7. The van der Waals surface area contributed by atoms with Crippen LogP contribution in [0.3, 0.4) is 0 Å². The Bertz CT molecular complexity index is 934. The third-order valence-electron chi connectivity index (χ3n) is 5.20. The number of carbonyl (C=O) groups excluding carboxylic acids is 2. The highest BCUT2D eigenvalue weighted by Crippen LogP contribution is 2.18. The van der Waals surface area contributed by atoms with Gasteiger partial charge in [-0.2, -0.15) is 0 Å². The Morgan fingerprint density at radius 1 is 1.11 bits per heavy atom. The van der Waals surface area contributed by atoms with E-state index >= 15 is 0 Å². The van der Waals surface area contributed by atoms with Gasteiger partial charge in [-0.25, -0.2) is 4.98 Å². The van der Waals surface area contributed by atoms with Gasteiger partial charge in [0.15, 0.2) is 0 Å². The molecule has 1 fully saturated rings. The molecule has 1 atom stereocenters. The molecule has 0 aliphatic carbocycles. The quantitative estimate of drug-likeness (QED) is 0.664. The number of benzene rings is 2. The minimum absolute atomic E-state index is 0.0494. The van der Waals surface area contributed by atoms with Crippen LogP contribution in [0.25, 0.3) is 11.0 Å². The third kappa shape index (κ3) is 4.22. The summed E-state index contributed by atoms with van der Waals surface area (Å²) in [6.07, 6.45) is 1.75. The summed E-state index contributed by atoms with van der Waals surface area (Å²) in [5.41, 5.74) is 3.13. The first-order valence-corrected chi connectivity index (χ1v) is 9.72. The van der Waals surface area contributed by atoms with Crippen LogP contribution in [0.1, 0.15) is 17.8 Å².